The van der Waals surface area contributed by atoms with Crippen LogP contribution in [0.3, 0.4) is 0 Å². The molecule has 1 amide bonds. The van der Waals surface area contributed by atoms with Crippen molar-refractivity contribution in [2.45, 2.75) is 12.6 Å². The lowest BCUT2D eigenvalue weighted by Crippen LogP contribution is -2.21. The van der Waals surface area contributed by atoms with Crippen LogP contribution >= 0.6 is 15.9 Å². The van der Waals surface area contributed by atoms with Gasteiger partial charge in [-0.25, -0.2) is 4.98 Å². The molecule has 0 saturated carbocycles. The van der Waals surface area contributed by atoms with Gasteiger partial charge in [0.1, 0.15) is 12.2 Å². The molecule has 0 radical (unpaired) electrons. The number of pyridine rings is 1. The van der Waals surface area contributed by atoms with Crippen LogP contribution in [-0.4, -0.2) is 17.1 Å². The molecule has 0 saturated heterocycles. The summed E-state index contributed by atoms with van der Waals surface area (Å²) in [4.78, 5) is 14.5. The number of alkyl halides is 3. The van der Waals surface area contributed by atoms with Crippen molar-refractivity contribution in [2.75, 3.05) is 5.32 Å². The van der Waals surface area contributed by atoms with Crippen molar-refractivity contribution in [2.24, 2.45) is 0 Å². The number of carbonyl (C=O) groups is 1. The summed E-state index contributed by atoms with van der Waals surface area (Å²) in [5.41, 5.74) is 0. The van der Waals surface area contributed by atoms with Gasteiger partial charge in [0.2, 0.25) is 5.91 Å². The lowest BCUT2D eigenvalue weighted by molar-refractivity contribution is -0.150. The molecule has 0 atom stereocenters. The summed E-state index contributed by atoms with van der Waals surface area (Å²) in [5, 5.41) is 2.04. The van der Waals surface area contributed by atoms with Gasteiger partial charge in [-0.3, -0.25) is 4.79 Å². The third kappa shape index (κ3) is 4.78. The normalized spacial score (nSPS) is 11.2. The maximum Gasteiger partial charge on any atom is 0.397 e. The van der Waals surface area contributed by atoms with Gasteiger partial charge in [-0.2, -0.15) is 13.2 Å². The number of anilines is 1. The lowest BCUT2D eigenvalue weighted by Gasteiger charge is -2.06. The summed E-state index contributed by atoms with van der Waals surface area (Å²) in [5.74, 6) is -1.05. The van der Waals surface area contributed by atoms with Gasteiger partial charge in [0.15, 0.2) is 0 Å². The average molecular weight is 283 g/mol. The molecule has 1 N–H and O–H groups in total. The molecule has 1 rings (SSSR count). The maximum atomic E-state index is 11.8. The molecule has 0 bridgehead atoms. The summed E-state index contributed by atoms with van der Waals surface area (Å²) in [7, 11) is 0. The van der Waals surface area contributed by atoms with Gasteiger partial charge < -0.3 is 5.32 Å². The highest BCUT2D eigenvalue weighted by Crippen LogP contribution is 2.20. The number of hydrogen-bond acceptors (Lipinski definition) is 2. The Morgan fingerprint density at radius 3 is 2.73 bits per heavy atom. The highest BCUT2D eigenvalue weighted by Gasteiger charge is 2.31. The van der Waals surface area contributed by atoms with Crippen LogP contribution in [-0.2, 0) is 4.79 Å². The van der Waals surface area contributed by atoms with Crippen molar-refractivity contribution in [1.29, 1.82) is 0 Å². The van der Waals surface area contributed by atoms with Crippen LogP contribution in [0.4, 0.5) is 19.0 Å². The number of nitrogens with one attached hydrogen (secondary N) is 1. The Kier molecular flexibility index (Phi) is 3.67. The fourth-order valence-electron chi connectivity index (χ4n) is 0.842. The summed E-state index contributed by atoms with van der Waals surface area (Å²) < 4.78 is 36.0. The number of carbonyl (C=O) groups excluding carboxylic acids is 1. The smallest absolute Gasteiger partial charge is 0.310 e. The first-order valence-electron chi connectivity index (χ1n) is 3.85. The Morgan fingerprint density at radius 2 is 2.20 bits per heavy atom. The highest BCUT2D eigenvalue weighted by molar-refractivity contribution is 9.10. The van der Waals surface area contributed by atoms with E-state index in [1.165, 1.54) is 12.3 Å². The van der Waals surface area contributed by atoms with E-state index in [0.717, 1.165) is 0 Å². The molecular formula is C8H6BrF3N2O. The van der Waals surface area contributed by atoms with Crippen molar-refractivity contribution < 1.29 is 18.0 Å². The number of hydrogen-bond donors (Lipinski definition) is 1. The zero-order chi connectivity index (χ0) is 11.5. The SMILES string of the molecule is O=C(CC(F)(F)F)Nc1cc(Br)ccn1. The van der Waals surface area contributed by atoms with E-state index in [1.54, 1.807) is 6.07 Å². The number of halogens is 4. The molecule has 0 aliphatic rings. The Hall–Kier alpha value is -1.11. The number of aromatic nitrogens is 1. The molecular weight excluding hydrogens is 277 g/mol. The van der Waals surface area contributed by atoms with E-state index in [9.17, 15) is 18.0 Å². The maximum absolute atomic E-state index is 11.8. The summed E-state index contributed by atoms with van der Waals surface area (Å²) in [6.07, 6.45) is -4.65. The molecule has 7 heteroatoms. The molecule has 3 nitrogen and oxygen atoms in total. The molecule has 0 aliphatic heterocycles. The minimum absolute atomic E-state index is 0.0821. The van der Waals surface area contributed by atoms with Crippen molar-refractivity contribution in [3.63, 3.8) is 0 Å². The topological polar surface area (TPSA) is 42.0 Å². The second kappa shape index (κ2) is 4.61. The summed E-state index contributed by atoms with van der Waals surface area (Å²) in [6, 6.07) is 3.01. The van der Waals surface area contributed by atoms with Crippen molar-refractivity contribution in [1.82, 2.24) is 4.98 Å². The van der Waals surface area contributed by atoms with Gasteiger partial charge in [-0.1, -0.05) is 15.9 Å². The third-order valence-electron chi connectivity index (χ3n) is 1.35. The molecule has 0 spiro atoms. The van der Waals surface area contributed by atoms with E-state index in [4.69, 9.17) is 0 Å². The predicted molar refractivity (Wildman–Crippen MR) is 51.2 cm³/mol. The van der Waals surface area contributed by atoms with E-state index in [1.807, 2.05) is 5.32 Å². The zero-order valence-corrected chi connectivity index (χ0v) is 8.89. The molecule has 0 fully saturated rings. The zero-order valence-electron chi connectivity index (χ0n) is 7.31. The number of rotatable bonds is 2. The number of nitrogens with zero attached hydrogens (tertiary/aromatic N) is 1. The Labute approximate surface area is 91.8 Å². The molecule has 1 heterocycles. The molecule has 1 aromatic rings. The molecule has 1 aromatic heterocycles. The van der Waals surface area contributed by atoms with Crippen LogP contribution in [0.15, 0.2) is 22.8 Å². The van der Waals surface area contributed by atoms with Gasteiger partial charge in [-0.05, 0) is 12.1 Å². The van der Waals surface area contributed by atoms with E-state index in [0.29, 0.717) is 4.47 Å². The van der Waals surface area contributed by atoms with Gasteiger partial charge in [0.05, 0.1) is 0 Å². The Balaban J connectivity index is 2.59. The molecule has 0 unspecified atom stereocenters. The first kappa shape index (κ1) is 12.0. The fourth-order valence-corrected chi connectivity index (χ4v) is 1.18. The van der Waals surface area contributed by atoms with Crippen molar-refractivity contribution >= 4 is 27.7 Å². The molecule has 0 aliphatic carbocycles. The second-order valence-corrected chi connectivity index (χ2v) is 3.62. The fraction of sp³-hybridized carbons (Fsp3) is 0.250. The van der Waals surface area contributed by atoms with Gasteiger partial charge in [0, 0.05) is 10.7 Å². The highest BCUT2D eigenvalue weighted by atomic mass is 79.9. The van der Waals surface area contributed by atoms with Crippen LogP contribution < -0.4 is 5.32 Å². The Bertz CT molecular complexity index is 367. The summed E-state index contributed by atoms with van der Waals surface area (Å²) in [6.45, 7) is 0. The van der Waals surface area contributed by atoms with Crippen LogP contribution in [0.2, 0.25) is 0 Å². The van der Waals surface area contributed by atoms with E-state index < -0.39 is 18.5 Å². The van der Waals surface area contributed by atoms with E-state index in [2.05, 4.69) is 20.9 Å². The van der Waals surface area contributed by atoms with Gasteiger partial charge in [0.25, 0.3) is 0 Å². The minimum Gasteiger partial charge on any atom is -0.310 e. The van der Waals surface area contributed by atoms with E-state index >= 15 is 0 Å². The van der Waals surface area contributed by atoms with E-state index in [-0.39, 0.29) is 5.82 Å². The first-order valence-corrected chi connectivity index (χ1v) is 4.64. The van der Waals surface area contributed by atoms with Gasteiger partial charge >= 0.3 is 6.18 Å². The molecule has 0 aromatic carbocycles. The van der Waals surface area contributed by atoms with Crippen molar-refractivity contribution in [3.05, 3.63) is 22.8 Å². The quantitative estimate of drug-likeness (QED) is 0.906. The van der Waals surface area contributed by atoms with Crippen LogP contribution in [0.25, 0.3) is 0 Å². The first-order chi connectivity index (χ1) is 6.87. The standard InChI is InChI=1S/C8H6BrF3N2O/c9-5-1-2-13-6(3-5)14-7(15)4-8(10,11)12/h1-3H,4H2,(H,13,14,15). The second-order valence-electron chi connectivity index (χ2n) is 2.70. The van der Waals surface area contributed by atoms with Crippen LogP contribution in [0.5, 0.6) is 0 Å². The van der Waals surface area contributed by atoms with Gasteiger partial charge in [-0.15, -0.1) is 0 Å². The average Bonchev–Trinajstić information content (AvgIpc) is 1.99. The molecule has 82 valence electrons. The van der Waals surface area contributed by atoms with Crippen LogP contribution in [0, 0.1) is 0 Å². The molecule has 15 heavy (non-hydrogen) atoms. The number of amides is 1. The summed E-state index contributed by atoms with van der Waals surface area (Å²) >= 11 is 3.10. The predicted octanol–water partition coefficient (Wildman–Crippen LogP) is 2.74. The third-order valence-corrected chi connectivity index (χ3v) is 1.84. The lowest BCUT2D eigenvalue weighted by atomic mass is 10.4. The largest absolute Gasteiger partial charge is 0.397 e. The monoisotopic (exact) mass is 282 g/mol. The Morgan fingerprint density at radius 1 is 1.53 bits per heavy atom. The van der Waals surface area contributed by atoms with Crippen molar-refractivity contribution in [3.8, 4) is 0 Å². The minimum atomic E-state index is -4.50. The van der Waals surface area contributed by atoms with Crippen LogP contribution in [0.1, 0.15) is 6.42 Å².